The second kappa shape index (κ2) is 5.09. The molecule has 1 aliphatic rings. The number of hydrogen-bond acceptors (Lipinski definition) is 2. The maximum absolute atomic E-state index is 5.74. The average molecular weight is 233 g/mol. The molecular formula is C15H23NO. The quantitative estimate of drug-likeness (QED) is 0.861. The molecule has 0 aromatic heterocycles. The highest BCUT2D eigenvalue weighted by molar-refractivity contribution is 5.41. The first-order valence-electron chi connectivity index (χ1n) is 6.57. The van der Waals surface area contributed by atoms with Crippen LogP contribution >= 0.6 is 0 Å². The van der Waals surface area contributed by atoms with Gasteiger partial charge in [0.15, 0.2) is 0 Å². The normalized spacial score (nSPS) is 20.2. The molecule has 0 radical (unpaired) electrons. The minimum atomic E-state index is 0.332. The Labute approximate surface area is 104 Å². The molecule has 0 aliphatic carbocycles. The molecule has 2 heteroatoms. The standard InChI is InChI=1S/C15H23NO/c1-10(2)7-14(16-4)12-5-6-15-13(9-12)8-11(3)17-15/h5-6,9-11,14,16H,7-8H2,1-4H3. The highest BCUT2D eigenvalue weighted by Gasteiger charge is 2.20. The Bertz CT molecular complexity index is 387. The average Bonchev–Trinajstić information content (AvgIpc) is 2.64. The Morgan fingerprint density at radius 1 is 1.41 bits per heavy atom. The molecular weight excluding hydrogens is 210 g/mol. The smallest absolute Gasteiger partial charge is 0.123 e. The summed E-state index contributed by atoms with van der Waals surface area (Å²) in [6, 6.07) is 7.08. The zero-order valence-corrected chi connectivity index (χ0v) is 11.3. The summed E-state index contributed by atoms with van der Waals surface area (Å²) in [5.74, 6) is 1.77. The first-order valence-corrected chi connectivity index (χ1v) is 6.57. The molecule has 0 amide bonds. The van der Waals surface area contributed by atoms with Gasteiger partial charge < -0.3 is 10.1 Å². The Hall–Kier alpha value is -1.02. The van der Waals surface area contributed by atoms with Gasteiger partial charge in [-0.2, -0.15) is 0 Å². The van der Waals surface area contributed by atoms with Crippen LogP contribution in [0.25, 0.3) is 0 Å². The Kier molecular flexibility index (Phi) is 3.72. The van der Waals surface area contributed by atoms with E-state index in [2.05, 4.69) is 44.3 Å². The van der Waals surface area contributed by atoms with Crippen LogP contribution in [0.2, 0.25) is 0 Å². The van der Waals surface area contributed by atoms with E-state index < -0.39 is 0 Å². The molecule has 17 heavy (non-hydrogen) atoms. The molecule has 94 valence electrons. The molecule has 0 fully saturated rings. The van der Waals surface area contributed by atoms with Gasteiger partial charge >= 0.3 is 0 Å². The van der Waals surface area contributed by atoms with Crippen LogP contribution in [-0.2, 0) is 6.42 Å². The van der Waals surface area contributed by atoms with E-state index in [0.717, 1.165) is 12.2 Å². The lowest BCUT2D eigenvalue weighted by molar-refractivity contribution is 0.254. The van der Waals surface area contributed by atoms with Crippen LogP contribution in [0.15, 0.2) is 18.2 Å². The van der Waals surface area contributed by atoms with Crippen LogP contribution in [0, 0.1) is 5.92 Å². The zero-order valence-electron chi connectivity index (χ0n) is 11.3. The van der Waals surface area contributed by atoms with Crippen molar-refractivity contribution in [2.75, 3.05) is 7.05 Å². The first-order chi connectivity index (χ1) is 8.10. The molecule has 2 unspecified atom stereocenters. The van der Waals surface area contributed by atoms with Crippen LogP contribution < -0.4 is 10.1 Å². The summed E-state index contributed by atoms with van der Waals surface area (Å²) in [4.78, 5) is 0. The van der Waals surface area contributed by atoms with Crippen LogP contribution in [0.3, 0.4) is 0 Å². The molecule has 2 rings (SSSR count). The number of hydrogen-bond donors (Lipinski definition) is 1. The molecule has 0 saturated carbocycles. The topological polar surface area (TPSA) is 21.3 Å². The van der Waals surface area contributed by atoms with Gasteiger partial charge in [-0.25, -0.2) is 0 Å². The van der Waals surface area contributed by atoms with Crippen molar-refractivity contribution in [1.29, 1.82) is 0 Å². The van der Waals surface area contributed by atoms with E-state index in [0.29, 0.717) is 18.1 Å². The van der Waals surface area contributed by atoms with Crippen molar-refractivity contribution in [1.82, 2.24) is 5.32 Å². The van der Waals surface area contributed by atoms with E-state index in [1.165, 1.54) is 17.5 Å². The van der Waals surface area contributed by atoms with E-state index in [-0.39, 0.29) is 0 Å². The van der Waals surface area contributed by atoms with E-state index in [1.807, 2.05) is 7.05 Å². The van der Waals surface area contributed by atoms with Gasteiger partial charge in [0.1, 0.15) is 11.9 Å². The Morgan fingerprint density at radius 2 is 2.18 bits per heavy atom. The summed E-state index contributed by atoms with van der Waals surface area (Å²) < 4.78 is 5.74. The summed E-state index contributed by atoms with van der Waals surface area (Å²) in [5.41, 5.74) is 2.75. The number of fused-ring (bicyclic) bond motifs is 1. The minimum absolute atomic E-state index is 0.332. The number of ether oxygens (including phenoxy) is 1. The molecule has 1 N–H and O–H groups in total. The lowest BCUT2D eigenvalue weighted by Crippen LogP contribution is -2.18. The highest BCUT2D eigenvalue weighted by atomic mass is 16.5. The van der Waals surface area contributed by atoms with Gasteiger partial charge in [0, 0.05) is 12.5 Å². The summed E-state index contributed by atoms with van der Waals surface area (Å²) in [6.45, 7) is 6.66. The third kappa shape index (κ3) is 2.81. The second-order valence-corrected chi connectivity index (χ2v) is 5.47. The maximum Gasteiger partial charge on any atom is 0.123 e. The van der Waals surface area contributed by atoms with E-state index >= 15 is 0 Å². The van der Waals surface area contributed by atoms with Gasteiger partial charge in [-0.3, -0.25) is 0 Å². The Morgan fingerprint density at radius 3 is 2.82 bits per heavy atom. The first kappa shape index (κ1) is 12.4. The van der Waals surface area contributed by atoms with Crippen LogP contribution in [0.4, 0.5) is 0 Å². The SMILES string of the molecule is CNC(CC(C)C)c1ccc2c(c1)CC(C)O2. The largest absolute Gasteiger partial charge is 0.490 e. The molecule has 0 bridgehead atoms. The number of nitrogens with one attached hydrogen (secondary N) is 1. The summed E-state index contributed by atoms with van der Waals surface area (Å²) in [5, 5.41) is 3.41. The highest BCUT2D eigenvalue weighted by Crippen LogP contribution is 2.32. The van der Waals surface area contributed by atoms with Crippen molar-refractivity contribution in [3.8, 4) is 5.75 Å². The van der Waals surface area contributed by atoms with Gasteiger partial charge in [0.25, 0.3) is 0 Å². The molecule has 1 aromatic rings. The predicted molar refractivity (Wildman–Crippen MR) is 71.5 cm³/mol. The number of rotatable bonds is 4. The van der Waals surface area contributed by atoms with Crippen molar-refractivity contribution >= 4 is 0 Å². The minimum Gasteiger partial charge on any atom is -0.490 e. The van der Waals surface area contributed by atoms with Gasteiger partial charge in [-0.05, 0) is 43.5 Å². The van der Waals surface area contributed by atoms with E-state index in [1.54, 1.807) is 0 Å². The summed E-state index contributed by atoms with van der Waals surface area (Å²) in [6.07, 6.45) is 2.55. The molecule has 2 atom stereocenters. The van der Waals surface area contributed by atoms with Gasteiger partial charge in [-0.15, -0.1) is 0 Å². The van der Waals surface area contributed by atoms with Crippen molar-refractivity contribution in [2.45, 2.75) is 45.8 Å². The van der Waals surface area contributed by atoms with Crippen LogP contribution in [0.5, 0.6) is 5.75 Å². The summed E-state index contributed by atoms with van der Waals surface area (Å²) in [7, 11) is 2.04. The van der Waals surface area contributed by atoms with Gasteiger partial charge in [-0.1, -0.05) is 26.0 Å². The third-order valence-corrected chi connectivity index (χ3v) is 3.38. The molecule has 2 nitrogen and oxygen atoms in total. The van der Waals surface area contributed by atoms with Crippen molar-refractivity contribution in [2.24, 2.45) is 5.92 Å². The molecule has 1 aromatic carbocycles. The lowest BCUT2D eigenvalue weighted by Gasteiger charge is -2.19. The molecule has 0 spiro atoms. The lowest BCUT2D eigenvalue weighted by atomic mass is 9.95. The third-order valence-electron chi connectivity index (χ3n) is 3.38. The van der Waals surface area contributed by atoms with Crippen molar-refractivity contribution < 1.29 is 4.74 Å². The van der Waals surface area contributed by atoms with E-state index in [9.17, 15) is 0 Å². The van der Waals surface area contributed by atoms with Crippen LogP contribution in [0.1, 0.15) is 44.4 Å². The van der Waals surface area contributed by atoms with Crippen LogP contribution in [-0.4, -0.2) is 13.2 Å². The van der Waals surface area contributed by atoms with Crippen molar-refractivity contribution in [3.05, 3.63) is 29.3 Å². The zero-order chi connectivity index (χ0) is 12.4. The van der Waals surface area contributed by atoms with E-state index in [4.69, 9.17) is 4.74 Å². The maximum atomic E-state index is 5.74. The monoisotopic (exact) mass is 233 g/mol. The van der Waals surface area contributed by atoms with Crippen molar-refractivity contribution in [3.63, 3.8) is 0 Å². The fourth-order valence-corrected chi connectivity index (χ4v) is 2.55. The Balaban J connectivity index is 2.19. The number of benzene rings is 1. The second-order valence-electron chi connectivity index (χ2n) is 5.47. The molecule has 0 saturated heterocycles. The van der Waals surface area contributed by atoms with Gasteiger partial charge in [0.05, 0.1) is 0 Å². The fourth-order valence-electron chi connectivity index (χ4n) is 2.55. The summed E-state index contributed by atoms with van der Waals surface area (Å²) >= 11 is 0. The molecule has 1 aliphatic heterocycles. The van der Waals surface area contributed by atoms with Gasteiger partial charge in [0.2, 0.25) is 0 Å². The fraction of sp³-hybridized carbons (Fsp3) is 0.600. The molecule has 1 heterocycles. The predicted octanol–water partition coefficient (Wildman–Crippen LogP) is 3.32.